The van der Waals surface area contributed by atoms with Crippen LogP contribution in [0, 0.1) is 30.5 Å². The van der Waals surface area contributed by atoms with E-state index >= 15 is 0 Å². The molecule has 0 saturated heterocycles. The number of fused-ring (bicyclic) bond motifs is 1. The van der Waals surface area contributed by atoms with Crippen molar-refractivity contribution >= 4 is 35.1 Å². The lowest BCUT2D eigenvalue weighted by atomic mass is 10.0. The summed E-state index contributed by atoms with van der Waals surface area (Å²) >= 11 is 5.98. The molecule has 0 spiro atoms. The minimum atomic E-state index is -0.388. The lowest BCUT2D eigenvalue weighted by Gasteiger charge is -2.31. The van der Waals surface area contributed by atoms with Crippen molar-refractivity contribution < 1.29 is 4.39 Å². The highest BCUT2D eigenvalue weighted by atomic mass is 35.5. The minimum Gasteiger partial charge on any atom is -0.352 e. The number of rotatable bonds is 4. The van der Waals surface area contributed by atoms with Gasteiger partial charge in [0.25, 0.3) is 0 Å². The molecule has 0 amide bonds. The van der Waals surface area contributed by atoms with E-state index in [0.29, 0.717) is 22.9 Å². The van der Waals surface area contributed by atoms with Gasteiger partial charge in [0.05, 0.1) is 17.6 Å². The second-order valence-electron chi connectivity index (χ2n) is 7.25. The lowest BCUT2D eigenvalue weighted by molar-refractivity contribution is 0.632. The van der Waals surface area contributed by atoms with Crippen LogP contribution in [0.3, 0.4) is 0 Å². The summed E-state index contributed by atoms with van der Waals surface area (Å²) in [6.45, 7) is 5.12. The Morgan fingerprint density at radius 2 is 2.03 bits per heavy atom. The van der Waals surface area contributed by atoms with Crippen LogP contribution in [-0.2, 0) is 13.0 Å². The van der Waals surface area contributed by atoms with Gasteiger partial charge in [-0.2, -0.15) is 0 Å². The first-order chi connectivity index (χ1) is 14.4. The van der Waals surface area contributed by atoms with Gasteiger partial charge in [0.2, 0.25) is 0 Å². The Morgan fingerprint density at radius 3 is 2.80 bits per heavy atom. The fourth-order valence-corrected chi connectivity index (χ4v) is 3.73. The van der Waals surface area contributed by atoms with Crippen molar-refractivity contribution in [1.82, 2.24) is 14.8 Å². The maximum atomic E-state index is 14.1. The predicted molar refractivity (Wildman–Crippen MR) is 115 cm³/mol. The standard InChI is InChI=1S/C21H21ClFN7/c1-12-13(2)21(28-30(11-24)20(12)25)29-6-5-18-14(10-29)7-16(9-26-18)27-19-8-15(22)3-4-17(19)23/h3-4,7-9,11,24-25,27H,5-6,10H2,1-2H3. The highest BCUT2D eigenvalue weighted by Gasteiger charge is 2.22. The number of hydrogen-bond donors (Lipinski definition) is 3. The Labute approximate surface area is 178 Å². The van der Waals surface area contributed by atoms with Crippen LogP contribution in [-0.4, -0.2) is 27.6 Å². The Morgan fingerprint density at radius 1 is 1.23 bits per heavy atom. The number of pyridine rings is 1. The molecular weight excluding hydrogens is 405 g/mol. The largest absolute Gasteiger partial charge is 0.352 e. The molecule has 0 atom stereocenters. The molecule has 1 aliphatic rings. The second kappa shape index (κ2) is 7.87. The van der Waals surface area contributed by atoms with Gasteiger partial charge in [-0.15, -0.1) is 5.10 Å². The van der Waals surface area contributed by atoms with Gasteiger partial charge >= 0.3 is 0 Å². The number of benzene rings is 1. The Balaban J connectivity index is 1.65. The third-order valence-electron chi connectivity index (χ3n) is 5.35. The molecule has 0 fully saturated rings. The topological polar surface area (TPSA) is 93.7 Å². The summed E-state index contributed by atoms with van der Waals surface area (Å²) in [4.78, 5) is 6.67. The zero-order chi connectivity index (χ0) is 21.4. The van der Waals surface area contributed by atoms with E-state index in [2.05, 4.69) is 20.3 Å². The van der Waals surface area contributed by atoms with E-state index in [0.717, 1.165) is 47.5 Å². The van der Waals surface area contributed by atoms with Gasteiger partial charge in [-0.1, -0.05) is 11.6 Å². The fraction of sp³-hybridized carbons (Fsp3) is 0.238. The van der Waals surface area contributed by atoms with Crippen molar-refractivity contribution in [2.45, 2.75) is 26.8 Å². The maximum absolute atomic E-state index is 14.1. The van der Waals surface area contributed by atoms with Crippen molar-refractivity contribution in [3.63, 3.8) is 0 Å². The van der Waals surface area contributed by atoms with E-state index in [4.69, 9.17) is 22.4 Å². The van der Waals surface area contributed by atoms with E-state index in [9.17, 15) is 4.39 Å². The molecule has 1 aliphatic heterocycles. The third kappa shape index (κ3) is 3.66. The van der Waals surface area contributed by atoms with Gasteiger partial charge in [-0.3, -0.25) is 15.8 Å². The molecule has 0 bridgehead atoms. The van der Waals surface area contributed by atoms with E-state index in [1.54, 1.807) is 6.20 Å². The van der Waals surface area contributed by atoms with Crippen molar-refractivity contribution in [2.24, 2.45) is 0 Å². The van der Waals surface area contributed by atoms with Gasteiger partial charge in [-0.05, 0) is 49.2 Å². The number of hydrogen-bond acceptors (Lipinski definition) is 6. The first kappa shape index (κ1) is 20.0. The van der Waals surface area contributed by atoms with Gasteiger partial charge < -0.3 is 10.2 Å². The average molecular weight is 426 g/mol. The van der Waals surface area contributed by atoms with Crippen molar-refractivity contribution in [2.75, 3.05) is 16.8 Å². The molecule has 3 heterocycles. The average Bonchev–Trinajstić information content (AvgIpc) is 2.74. The molecule has 2 aromatic heterocycles. The Hall–Kier alpha value is -3.26. The van der Waals surface area contributed by atoms with Gasteiger partial charge in [0.1, 0.15) is 12.2 Å². The first-order valence-corrected chi connectivity index (χ1v) is 9.85. The van der Waals surface area contributed by atoms with Crippen LogP contribution >= 0.6 is 11.6 Å². The smallest absolute Gasteiger partial charge is 0.153 e. The van der Waals surface area contributed by atoms with Crippen LogP contribution in [0.25, 0.3) is 0 Å². The number of aromatic nitrogens is 3. The Kier molecular flexibility index (Phi) is 5.26. The van der Waals surface area contributed by atoms with Gasteiger partial charge in [0.15, 0.2) is 11.3 Å². The Bertz CT molecular complexity index is 1200. The summed E-state index contributed by atoms with van der Waals surface area (Å²) in [5.41, 5.74) is 4.90. The molecule has 0 aliphatic carbocycles. The first-order valence-electron chi connectivity index (χ1n) is 9.47. The maximum Gasteiger partial charge on any atom is 0.153 e. The molecule has 9 heteroatoms. The monoisotopic (exact) mass is 425 g/mol. The number of halogens is 2. The molecule has 1 aromatic carbocycles. The third-order valence-corrected chi connectivity index (χ3v) is 5.59. The molecule has 3 aromatic rings. The van der Waals surface area contributed by atoms with E-state index in [-0.39, 0.29) is 11.3 Å². The molecule has 0 radical (unpaired) electrons. The van der Waals surface area contributed by atoms with Crippen LogP contribution in [0.5, 0.6) is 0 Å². The van der Waals surface area contributed by atoms with E-state index in [1.807, 2.05) is 19.9 Å². The molecule has 3 N–H and O–H groups in total. The van der Waals surface area contributed by atoms with E-state index in [1.165, 1.54) is 22.9 Å². The van der Waals surface area contributed by atoms with Gasteiger partial charge in [-0.25, -0.2) is 9.07 Å². The van der Waals surface area contributed by atoms with E-state index < -0.39 is 0 Å². The normalized spacial score (nSPS) is 13.1. The fourth-order valence-electron chi connectivity index (χ4n) is 3.56. The quantitative estimate of drug-likeness (QED) is 0.436. The van der Waals surface area contributed by atoms with Crippen molar-refractivity contribution in [3.05, 3.63) is 69.2 Å². The van der Waals surface area contributed by atoms with Crippen LogP contribution in [0.2, 0.25) is 5.02 Å². The zero-order valence-corrected chi connectivity index (χ0v) is 17.4. The number of nitrogens with one attached hydrogen (secondary N) is 3. The predicted octanol–water partition coefficient (Wildman–Crippen LogP) is 3.93. The van der Waals surface area contributed by atoms with Crippen LogP contribution in [0.1, 0.15) is 22.4 Å². The molecule has 4 rings (SSSR count). The molecule has 0 saturated carbocycles. The van der Waals surface area contributed by atoms with Crippen LogP contribution < -0.4 is 15.7 Å². The summed E-state index contributed by atoms with van der Waals surface area (Å²) in [5, 5.41) is 23.6. The zero-order valence-electron chi connectivity index (χ0n) is 16.6. The summed E-state index contributed by atoms with van der Waals surface area (Å²) in [6.07, 6.45) is 3.48. The lowest BCUT2D eigenvalue weighted by Crippen LogP contribution is -2.36. The van der Waals surface area contributed by atoms with Crippen molar-refractivity contribution in [3.8, 4) is 0 Å². The van der Waals surface area contributed by atoms with Crippen LogP contribution in [0.15, 0.2) is 30.5 Å². The molecule has 0 unspecified atom stereocenters. The number of anilines is 3. The SMILES string of the molecule is Cc1c(N2CCc3ncc(Nc4cc(Cl)ccc4F)cc3C2)nn(C=N)c(=N)c1C. The summed E-state index contributed by atoms with van der Waals surface area (Å²) in [5.74, 6) is 0.359. The van der Waals surface area contributed by atoms with Gasteiger partial charge in [0, 0.05) is 35.8 Å². The minimum absolute atomic E-state index is 0.209. The number of nitrogens with zero attached hydrogens (tertiary/aromatic N) is 4. The summed E-state index contributed by atoms with van der Waals surface area (Å²) in [6, 6.07) is 6.33. The summed E-state index contributed by atoms with van der Waals surface area (Å²) in [7, 11) is 0. The van der Waals surface area contributed by atoms with Crippen molar-refractivity contribution in [1.29, 1.82) is 10.8 Å². The second-order valence-corrected chi connectivity index (χ2v) is 7.68. The molecule has 7 nitrogen and oxygen atoms in total. The molecular formula is C21H21ClFN7. The highest BCUT2D eigenvalue weighted by Crippen LogP contribution is 2.28. The highest BCUT2D eigenvalue weighted by molar-refractivity contribution is 6.30. The van der Waals surface area contributed by atoms with Crippen LogP contribution in [0.4, 0.5) is 21.6 Å². The molecule has 154 valence electrons. The molecule has 30 heavy (non-hydrogen) atoms. The summed E-state index contributed by atoms with van der Waals surface area (Å²) < 4.78 is 15.3.